The first-order valence-electron chi connectivity index (χ1n) is 7.45. The monoisotopic (exact) mass is 311 g/mol. The van der Waals surface area contributed by atoms with Gasteiger partial charge < -0.3 is 14.8 Å². The van der Waals surface area contributed by atoms with Crippen molar-refractivity contribution >= 4 is 0 Å². The number of benzene rings is 2. The lowest BCUT2D eigenvalue weighted by Crippen LogP contribution is -2.06. The standard InChI is InChI=1S/C11H13N3O.C7H8O/c1-9(15)11-13-12-8-14(11)7-10-5-3-2-4-6-10;8-6-7-4-2-1-3-5-7/h2-6,8-9,15H,7H2,1H3;1-5,8H,6H2. The predicted molar refractivity (Wildman–Crippen MR) is 88.6 cm³/mol. The maximum atomic E-state index is 9.45. The maximum Gasteiger partial charge on any atom is 0.161 e. The Labute approximate surface area is 135 Å². The third kappa shape index (κ3) is 5.32. The second kappa shape index (κ2) is 8.82. The van der Waals surface area contributed by atoms with E-state index in [-0.39, 0.29) is 6.61 Å². The van der Waals surface area contributed by atoms with Crippen LogP contribution >= 0.6 is 0 Å². The van der Waals surface area contributed by atoms with Gasteiger partial charge in [-0.3, -0.25) is 0 Å². The van der Waals surface area contributed by atoms with Crippen molar-refractivity contribution in [2.24, 2.45) is 0 Å². The zero-order chi connectivity index (χ0) is 16.5. The molecule has 2 N–H and O–H groups in total. The van der Waals surface area contributed by atoms with Crippen LogP contribution in [0, 0.1) is 0 Å². The minimum absolute atomic E-state index is 0.140. The molecule has 3 rings (SSSR count). The normalized spacial score (nSPS) is 11.4. The predicted octanol–water partition coefficient (Wildman–Crippen LogP) is 2.56. The summed E-state index contributed by atoms with van der Waals surface area (Å²) in [7, 11) is 0. The number of nitrogens with zero attached hydrogens (tertiary/aromatic N) is 3. The molecular weight excluding hydrogens is 290 g/mol. The first-order valence-corrected chi connectivity index (χ1v) is 7.45. The molecule has 0 bridgehead atoms. The highest BCUT2D eigenvalue weighted by atomic mass is 16.3. The Bertz CT molecular complexity index is 682. The third-order valence-electron chi connectivity index (χ3n) is 3.24. The summed E-state index contributed by atoms with van der Waals surface area (Å²) in [4.78, 5) is 0. The second-order valence-corrected chi connectivity index (χ2v) is 5.12. The molecule has 120 valence electrons. The van der Waals surface area contributed by atoms with E-state index in [4.69, 9.17) is 5.11 Å². The van der Waals surface area contributed by atoms with E-state index < -0.39 is 6.10 Å². The Hall–Kier alpha value is -2.50. The van der Waals surface area contributed by atoms with Crippen molar-refractivity contribution in [1.29, 1.82) is 0 Å². The van der Waals surface area contributed by atoms with Gasteiger partial charge >= 0.3 is 0 Å². The second-order valence-electron chi connectivity index (χ2n) is 5.12. The van der Waals surface area contributed by atoms with E-state index in [1.54, 1.807) is 13.3 Å². The fraction of sp³-hybridized carbons (Fsp3) is 0.222. The van der Waals surface area contributed by atoms with Crippen LogP contribution in [0.15, 0.2) is 67.0 Å². The molecule has 2 aromatic carbocycles. The molecule has 0 aliphatic carbocycles. The van der Waals surface area contributed by atoms with Gasteiger partial charge in [0.1, 0.15) is 12.4 Å². The molecule has 1 unspecified atom stereocenters. The number of aliphatic hydroxyl groups is 2. The minimum Gasteiger partial charge on any atom is -0.392 e. The average Bonchev–Trinajstić information content (AvgIpc) is 3.05. The zero-order valence-corrected chi connectivity index (χ0v) is 13.1. The van der Waals surface area contributed by atoms with Gasteiger partial charge in [-0.1, -0.05) is 60.7 Å². The summed E-state index contributed by atoms with van der Waals surface area (Å²) < 4.78 is 1.85. The third-order valence-corrected chi connectivity index (χ3v) is 3.24. The van der Waals surface area contributed by atoms with Crippen LogP contribution in [0.25, 0.3) is 0 Å². The van der Waals surface area contributed by atoms with Gasteiger partial charge in [-0.25, -0.2) is 0 Å². The van der Waals surface area contributed by atoms with Gasteiger partial charge in [0.15, 0.2) is 5.82 Å². The molecule has 1 heterocycles. The summed E-state index contributed by atoms with van der Waals surface area (Å²) in [6.07, 6.45) is 1.05. The van der Waals surface area contributed by atoms with E-state index in [0.717, 1.165) is 5.56 Å². The first-order chi connectivity index (χ1) is 11.2. The van der Waals surface area contributed by atoms with Crippen molar-refractivity contribution in [2.45, 2.75) is 26.2 Å². The fourth-order valence-electron chi connectivity index (χ4n) is 2.07. The van der Waals surface area contributed by atoms with Gasteiger partial charge in [0.25, 0.3) is 0 Å². The lowest BCUT2D eigenvalue weighted by molar-refractivity contribution is 0.184. The molecule has 5 heteroatoms. The molecule has 0 fully saturated rings. The Morgan fingerprint density at radius 1 is 0.957 bits per heavy atom. The van der Waals surface area contributed by atoms with Gasteiger partial charge in [-0.15, -0.1) is 10.2 Å². The smallest absolute Gasteiger partial charge is 0.161 e. The van der Waals surface area contributed by atoms with E-state index in [1.165, 1.54) is 5.56 Å². The van der Waals surface area contributed by atoms with Crippen molar-refractivity contribution in [3.05, 3.63) is 83.9 Å². The lowest BCUT2D eigenvalue weighted by Gasteiger charge is -2.07. The molecule has 5 nitrogen and oxygen atoms in total. The topological polar surface area (TPSA) is 71.2 Å². The van der Waals surface area contributed by atoms with Crippen LogP contribution in [0.4, 0.5) is 0 Å². The van der Waals surface area contributed by atoms with Crippen LogP contribution in [0.3, 0.4) is 0 Å². The van der Waals surface area contributed by atoms with Crippen LogP contribution in [-0.2, 0) is 13.2 Å². The average molecular weight is 311 g/mol. The van der Waals surface area contributed by atoms with Gasteiger partial charge in [0.2, 0.25) is 0 Å². The highest BCUT2D eigenvalue weighted by molar-refractivity contribution is 5.15. The van der Waals surface area contributed by atoms with E-state index in [0.29, 0.717) is 12.4 Å². The minimum atomic E-state index is -0.587. The van der Waals surface area contributed by atoms with Crippen LogP contribution in [0.5, 0.6) is 0 Å². The van der Waals surface area contributed by atoms with Crippen molar-refractivity contribution in [2.75, 3.05) is 0 Å². The zero-order valence-electron chi connectivity index (χ0n) is 13.1. The van der Waals surface area contributed by atoms with Crippen molar-refractivity contribution < 1.29 is 10.2 Å². The molecule has 23 heavy (non-hydrogen) atoms. The number of hydrogen-bond donors (Lipinski definition) is 2. The molecule has 3 aromatic rings. The van der Waals surface area contributed by atoms with Crippen LogP contribution in [0.2, 0.25) is 0 Å². The molecule has 0 amide bonds. The van der Waals surface area contributed by atoms with E-state index in [9.17, 15) is 5.11 Å². The molecule has 0 aliphatic rings. The maximum absolute atomic E-state index is 9.45. The van der Waals surface area contributed by atoms with Gasteiger partial charge in [-0.05, 0) is 18.1 Å². The largest absolute Gasteiger partial charge is 0.392 e. The van der Waals surface area contributed by atoms with Crippen LogP contribution < -0.4 is 0 Å². The number of aliphatic hydroxyl groups excluding tert-OH is 2. The summed E-state index contributed by atoms with van der Waals surface area (Å²) in [5, 5.41) is 25.7. The van der Waals surface area contributed by atoms with Gasteiger partial charge in [0, 0.05) is 0 Å². The lowest BCUT2D eigenvalue weighted by atomic mass is 10.2. The molecular formula is C18H21N3O2. The van der Waals surface area contributed by atoms with Gasteiger partial charge in [0.05, 0.1) is 13.2 Å². The Balaban J connectivity index is 0.000000203. The van der Waals surface area contributed by atoms with E-state index >= 15 is 0 Å². The fourth-order valence-corrected chi connectivity index (χ4v) is 2.07. The molecule has 0 aliphatic heterocycles. The number of aromatic nitrogens is 3. The van der Waals surface area contributed by atoms with Gasteiger partial charge in [-0.2, -0.15) is 0 Å². The summed E-state index contributed by atoms with van der Waals surface area (Å²) in [6, 6.07) is 19.5. The summed E-state index contributed by atoms with van der Waals surface area (Å²) in [5.41, 5.74) is 2.13. The highest BCUT2D eigenvalue weighted by Gasteiger charge is 2.09. The van der Waals surface area contributed by atoms with E-state index in [2.05, 4.69) is 10.2 Å². The van der Waals surface area contributed by atoms with Crippen molar-refractivity contribution in [1.82, 2.24) is 14.8 Å². The highest BCUT2D eigenvalue weighted by Crippen LogP contribution is 2.10. The Morgan fingerprint density at radius 3 is 2.00 bits per heavy atom. The van der Waals surface area contributed by atoms with Crippen molar-refractivity contribution in [3.8, 4) is 0 Å². The van der Waals surface area contributed by atoms with Crippen LogP contribution in [0.1, 0.15) is 30.0 Å². The molecule has 1 aromatic heterocycles. The van der Waals surface area contributed by atoms with Crippen LogP contribution in [-0.4, -0.2) is 25.0 Å². The Kier molecular flexibility index (Phi) is 6.47. The summed E-state index contributed by atoms with van der Waals surface area (Å²) in [6.45, 7) is 2.51. The summed E-state index contributed by atoms with van der Waals surface area (Å²) >= 11 is 0. The van der Waals surface area contributed by atoms with Crippen molar-refractivity contribution in [3.63, 3.8) is 0 Å². The van der Waals surface area contributed by atoms with E-state index in [1.807, 2.05) is 65.2 Å². The number of rotatable bonds is 4. The Morgan fingerprint density at radius 2 is 1.52 bits per heavy atom. The number of hydrogen-bond acceptors (Lipinski definition) is 4. The summed E-state index contributed by atoms with van der Waals surface area (Å²) in [5.74, 6) is 0.596. The molecule has 1 atom stereocenters. The SMILES string of the molecule is CC(O)c1nncn1Cc1ccccc1.OCc1ccccc1. The molecule has 0 spiro atoms. The first kappa shape index (κ1) is 16.9. The molecule has 0 saturated carbocycles. The quantitative estimate of drug-likeness (QED) is 0.777. The molecule has 0 radical (unpaired) electrons. The molecule has 0 saturated heterocycles.